The Morgan fingerprint density at radius 2 is 1.96 bits per heavy atom. The van der Waals surface area contributed by atoms with Crippen molar-refractivity contribution in [3.05, 3.63) is 62.6 Å². The van der Waals surface area contributed by atoms with Crippen LogP contribution in [0.25, 0.3) is 0 Å². The first-order chi connectivity index (χ1) is 12.3. The van der Waals surface area contributed by atoms with Gasteiger partial charge in [0.15, 0.2) is 0 Å². The first kappa shape index (κ1) is 20.3. The van der Waals surface area contributed by atoms with E-state index in [0.29, 0.717) is 28.1 Å². The van der Waals surface area contributed by atoms with Gasteiger partial charge in [-0.25, -0.2) is 5.43 Å². The molecule has 0 aromatic heterocycles. The number of aryl methyl sites for hydroxylation is 1. The number of hydrogen-bond donors (Lipinski definition) is 1. The molecule has 2 aromatic carbocycles. The Morgan fingerprint density at radius 1 is 1.23 bits per heavy atom. The fourth-order valence-corrected chi connectivity index (χ4v) is 2.75. The van der Waals surface area contributed by atoms with Crippen LogP contribution in [0.1, 0.15) is 53.7 Å². The van der Waals surface area contributed by atoms with Crippen molar-refractivity contribution in [2.24, 2.45) is 5.10 Å². The van der Waals surface area contributed by atoms with E-state index in [0.717, 1.165) is 22.4 Å². The van der Waals surface area contributed by atoms with Crippen molar-refractivity contribution in [2.45, 2.75) is 33.6 Å². The molecule has 6 heteroatoms. The zero-order chi connectivity index (χ0) is 19.3. The van der Waals surface area contributed by atoms with Crippen LogP contribution in [0.15, 0.2) is 35.4 Å². The Hall–Kier alpha value is -2.04. The number of nitrogens with one attached hydrogen (secondary N) is 1. The fourth-order valence-electron chi connectivity index (χ4n) is 2.45. The van der Waals surface area contributed by atoms with E-state index in [1.807, 2.05) is 26.0 Å². The highest BCUT2D eigenvalue weighted by Gasteiger charge is 2.11. The lowest BCUT2D eigenvalue weighted by molar-refractivity contribution is 0.0955. The third-order valence-corrected chi connectivity index (χ3v) is 4.61. The minimum atomic E-state index is -0.354. The summed E-state index contributed by atoms with van der Waals surface area (Å²) in [5.74, 6) is 0.847. The number of hydrogen-bond acceptors (Lipinski definition) is 3. The first-order valence-electron chi connectivity index (χ1n) is 8.39. The molecule has 1 N–H and O–H groups in total. The molecule has 2 aromatic rings. The lowest BCUT2D eigenvalue weighted by atomic mass is 9.97. The minimum Gasteiger partial charge on any atom is -0.494 e. The lowest BCUT2D eigenvalue weighted by Crippen LogP contribution is -2.17. The van der Waals surface area contributed by atoms with E-state index < -0.39 is 0 Å². The van der Waals surface area contributed by atoms with Crippen molar-refractivity contribution in [1.82, 2.24) is 5.43 Å². The predicted molar refractivity (Wildman–Crippen MR) is 108 cm³/mol. The van der Waals surface area contributed by atoms with E-state index in [1.54, 1.807) is 18.3 Å². The number of carbonyl (C=O) groups is 1. The summed E-state index contributed by atoms with van der Waals surface area (Å²) in [7, 11) is 0. The van der Waals surface area contributed by atoms with Crippen molar-refractivity contribution < 1.29 is 9.53 Å². The van der Waals surface area contributed by atoms with Crippen LogP contribution in [0, 0.1) is 6.92 Å². The number of halogens is 2. The maximum atomic E-state index is 12.2. The largest absolute Gasteiger partial charge is 0.494 e. The average Bonchev–Trinajstić information content (AvgIpc) is 2.59. The van der Waals surface area contributed by atoms with Crippen molar-refractivity contribution >= 4 is 35.3 Å². The van der Waals surface area contributed by atoms with Crippen LogP contribution in [-0.2, 0) is 0 Å². The number of carbonyl (C=O) groups excluding carboxylic acids is 1. The monoisotopic (exact) mass is 392 g/mol. The Bertz CT molecular complexity index is 833. The zero-order valence-corrected chi connectivity index (χ0v) is 16.8. The van der Waals surface area contributed by atoms with E-state index in [1.165, 1.54) is 6.07 Å². The summed E-state index contributed by atoms with van der Waals surface area (Å²) in [4.78, 5) is 12.2. The van der Waals surface area contributed by atoms with Gasteiger partial charge in [0.25, 0.3) is 5.91 Å². The Morgan fingerprint density at radius 3 is 2.58 bits per heavy atom. The van der Waals surface area contributed by atoms with Crippen LogP contribution in [0.5, 0.6) is 5.75 Å². The SMILES string of the molecule is CCOc1cc(C)c(/C=N\NC(=O)c2ccc(Cl)c(Cl)c2)cc1C(C)C. The maximum Gasteiger partial charge on any atom is 0.271 e. The second-order valence-corrected chi connectivity index (χ2v) is 6.98. The summed E-state index contributed by atoms with van der Waals surface area (Å²) in [6, 6.07) is 8.72. The highest BCUT2D eigenvalue weighted by atomic mass is 35.5. The second kappa shape index (κ2) is 9.06. The van der Waals surface area contributed by atoms with Gasteiger partial charge in [0.05, 0.1) is 22.9 Å². The van der Waals surface area contributed by atoms with E-state index in [2.05, 4.69) is 24.4 Å². The molecule has 4 nitrogen and oxygen atoms in total. The standard InChI is InChI=1S/C20H22Cl2N2O2/c1-5-26-19-8-13(4)15(9-16(19)12(2)3)11-23-24-20(25)14-6-7-17(21)18(22)10-14/h6-12H,5H2,1-4H3,(H,24,25)/b23-11-. The molecule has 0 aliphatic rings. The molecule has 1 amide bonds. The predicted octanol–water partition coefficient (Wildman–Crippen LogP) is 5.59. The van der Waals surface area contributed by atoms with Gasteiger partial charge in [0.1, 0.15) is 5.75 Å². The molecule has 0 unspecified atom stereocenters. The number of hydrazone groups is 1. The van der Waals surface area contributed by atoms with Crippen LogP contribution in [0.3, 0.4) is 0 Å². The summed E-state index contributed by atoms with van der Waals surface area (Å²) in [6.45, 7) is 8.79. The summed E-state index contributed by atoms with van der Waals surface area (Å²) < 4.78 is 5.72. The van der Waals surface area contributed by atoms with E-state index in [-0.39, 0.29) is 5.91 Å². The maximum absolute atomic E-state index is 12.2. The number of amides is 1. The van der Waals surface area contributed by atoms with Crippen LogP contribution in [0.4, 0.5) is 0 Å². The molecule has 0 atom stereocenters. The van der Waals surface area contributed by atoms with Crippen LogP contribution < -0.4 is 10.2 Å². The molecule has 0 aliphatic carbocycles. The van der Waals surface area contributed by atoms with Crippen molar-refractivity contribution in [3.8, 4) is 5.75 Å². The van der Waals surface area contributed by atoms with E-state index in [9.17, 15) is 4.79 Å². The summed E-state index contributed by atoms with van der Waals surface area (Å²) in [5.41, 5.74) is 5.95. The van der Waals surface area contributed by atoms with Gasteiger partial charge in [-0.3, -0.25) is 4.79 Å². The Kier molecular flexibility index (Phi) is 7.06. The van der Waals surface area contributed by atoms with Crippen molar-refractivity contribution in [1.29, 1.82) is 0 Å². The molecule has 0 bridgehead atoms. The molecule has 0 radical (unpaired) electrons. The second-order valence-electron chi connectivity index (χ2n) is 6.16. The Balaban J connectivity index is 2.17. The third kappa shape index (κ3) is 4.99. The van der Waals surface area contributed by atoms with Crippen LogP contribution in [0.2, 0.25) is 10.0 Å². The summed E-state index contributed by atoms with van der Waals surface area (Å²) in [5, 5.41) is 4.79. The smallest absolute Gasteiger partial charge is 0.271 e. The lowest BCUT2D eigenvalue weighted by Gasteiger charge is -2.15. The van der Waals surface area contributed by atoms with Crippen molar-refractivity contribution in [3.63, 3.8) is 0 Å². The van der Waals surface area contributed by atoms with Gasteiger partial charge in [-0.15, -0.1) is 0 Å². The number of ether oxygens (including phenoxy) is 1. The first-order valence-corrected chi connectivity index (χ1v) is 9.14. The highest BCUT2D eigenvalue weighted by molar-refractivity contribution is 6.42. The van der Waals surface area contributed by atoms with Gasteiger partial charge in [0.2, 0.25) is 0 Å². The van der Waals surface area contributed by atoms with Gasteiger partial charge >= 0.3 is 0 Å². The normalized spacial score (nSPS) is 11.2. The third-order valence-electron chi connectivity index (χ3n) is 3.87. The molecular formula is C20H22Cl2N2O2. The van der Waals surface area contributed by atoms with Gasteiger partial charge in [-0.2, -0.15) is 5.10 Å². The molecule has 2 rings (SSSR count). The molecule has 26 heavy (non-hydrogen) atoms. The molecule has 0 fully saturated rings. The fraction of sp³-hybridized carbons (Fsp3) is 0.300. The van der Waals surface area contributed by atoms with Crippen LogP contribution >= 0.6 is 23.2 Å². The molecule has 0 heterocycles. The minimum absolute atomic E-state index is 0.315. The van der Waals surface area contributed by atoms with E-state index in [4.69, 9.17) is 27.9 Å². The highest BCUT2D eigenvalue weighted by Crippen LogP contribution is 2.29. The van der Waals surface area contributed by atoms with Gasteiger partial charge in [-0.1, -0.05) is 37.0 Å². The zero-order valence-electron chi connectivity index (χ0n) is 15.3. The summed E-state index contributed by atoms with van der Waals surface area (Å²) in [6.07, 6.45) is 1.63. The van der Waals surface area contributed by atoms with E-state index >= 15 is 0 Å². The quantitative estimate of drug-likeness (QED) is 0.514. The molecule has 0 spiro atoms. The summed E-state index contributed by atoms with van der Waals surface area (Å²) >= 11 is 11.8. The number of nitrogens with zero attached hydrogens (tertiary/aromatic N) is 1. The molecule has 0 aliphatic heterocycles. The average molecular weight is 393 g/mol. The molecule has 0 saturated heterocycles. The molecular weight excluding hydrogens is 371 g/mol. The topological polar surface area (TPSA) is 50.7 Å². The van der Waals surface area contributed by atoms with Crippen molar-refractivity contribution in [2.75, 3.05) is 6.61 Å². The Labute approximate surface area is 164 Å². The van der Waals surface area contributed by atoms with Gasteiger partial charge < -0.3 is 4.74 Å². The van der Waals surface area contributed by atoms with Gasteiger partial charge in [0, 0.05) is 5.56 Å². The number of benzene rings is 2. The molecule has 138 valence electrons. The van der Waals surface area contributed by atoms with Gasteiger partial charge in [-0.05, 0) is 66.8 Å². The molecule has 0 saturated carbocycles. The van der Waals surface area contributed by atoms with Crippen LogP contribution in [-0.4, -0.2) is 18.7 Å². The number of rotatable bonds is 6.